The number of benzene rings is 2. The van der Waals surface area contributed by atoms with Crippen molar-refractivity contribution in [1.29, 1.82) is 0 Å². The minimum Gasteiger partial charge on any atom is -0.493 e. The molecule has 8 nitrogen and oxygen atoms in total. The zero-order chi connectivity index (χ0) is 18.6. The van der Waals surface area contributed by atoms with E-state index >= 15 is 0 Å². The van der Waals surface area contributed by atoms with Crippen LogP contribution in [0.25, 0.3) is 0 Å². The standard InChI is InChI=1S/C17H18N2O6/c1-10-6-5-7-12(15(10)19(21)22)17(20)18-11-8-13(23-2)16(25-4)14(9-11)24-3/h5-9H,1-4H3,(H,18,20). The molecular formula is C17H18N2O6. The Morgan fingerprint density at radius 3 is 2.16 bits per heavy atom. The first-order valence-corrected chi connectivity index (χ1v) is 7.28. The first-order chi connectivity index (χ1) is 11.9. The average molecular weight is 346 g/mol. The lowest BCUT2D eigenvalue weighted by atomic mass is 10.1. The molecule has 2 aromatic carbocycles. The maximum absolute atomic E-state index is 12.5. The maximum Gasteiger partial charge on any atom is 0.285 e. The molecule has 0 aliphatic heterocycles. The molecule has 0 unspecified atom stereocenters. The number of carbonyl (C=O) groups excluding carboxylic acids is 1. The molecule has 0 radical (unpaired) electrons. The summed E-state index contributed by atoms with van der Waals surface area (Å²) in [5.74, 6) is 0.487. The second-order valence-corrected chi connectivity index (χ2v) is 5.10. The van der Waals surface area contributed by atoms with Gasteiger partial charge in [0.15, 0.2) is 11.5 Å². The molecule has 0 heterocycles. The van der Waals surface area contributed by atoms with Crippen molar-refractivity contribution >= 4 is 17.3 Å². The summed E-state index contributed by atoms with van der Waals surface area (Å²) >= 11 is 0. The number of nitro benzene ring substituents is 1. The molecule has 0 atom stereocenters. The Morgan fingerprint density at radius 1 is 1.08 bits per heavy atom. The average Bonchev–Trinajstić information content (AvgIpc) is 2.60. The number of anilines is 1. The van der Waals surface area contributed by atoms with Crippen molar-refractivity contribution in [3.05, 3.63) is 51.6 Å². The zero-order valence-corrected chi connectivity index (χ0v) is 14.3. The number of amides is 1. The van der Waals surface area contributed by atoms with Crippen molar-refractivity contribution in [2.45, 2.75) is 6.92 Å². The quantitative estimate of drug-likeness (QED) is 0.637. The summed E-state index contributed by atoms with van der Waals surface area (Å²) in [7, 11) is 4.37. The molecule has 0 spiro atoms. The van der Waals surface area contributed by atoms with Gasteiger partial charge in [0.05, 0.1) is 26.3 Å². The summed E-state index contributed by atoms with van der Waals surface area (Å²) in [6, 6.07) is 7.65. The molecule has 0 aliphatic carbocycles. The van der Waals surface area contributed by atoms with Gasteiger partial charge >= 0.3 is 0 Å². The van der Waals surface area contributed by atoms with Gasteiger partial charge in [-0.1, -0.05) is 12.1 Å². The highest BCUT2D eigenvalue weighted by molar-refractivity contribution is 6.07. The smallest absolute Gasteiger partial charge is 0.285 e. The Kier molecular flexibility index (Phi) is 5.43. The molecular weight excluding hydrogens is 328 g/mol. The number of nitrogens with zero attached hydrogens (tertiary/aromatic N) is 1. The largest absolute Gasteiger partial charge is 0.493 e. The number of rotatable bonds is 6. The molecule has 132 valence electrons. The van der Waals surface area contributed by atoms with E-state index in [0.717, 1.165) is 0 Å². The van der Waals surface area contributed by atoms with Crippen molar-refractivity contribution in [3.8, 4) is 17.2 Å². The van der Waals surface area contributed by atoms with Crippen LogP contribution >= 0.6 is 0 Å². The topological polar surface area (TPSA) is 99.9 Å². The third-order valence-electron chi connectivity index (χ3n) is 3.59. The van der Waals surface area contributed by atoms with Crippen molar-refractivity contribution in [1.82, 2.24) is 0 Å². The Labute approximate surface area is 144 Å². The van der Waals surface area contributed by atoms with Gasteiger partial charge in [0, 0.05) is 23.4 Å². The first kappa shape index (κ1) is 18.1. The fraction of sp³-hybridized carbons (Fsp3) is 0.235. The minimum atomic E-state index is -0.607. The first-order valence-electron chi connectivity index (χ1n) is 7.28. The highest BCUT2D eigenvalue weighted by Crippen LogP contribution is 2.40. The van der Waals surface area contributed by atoms with Crippen molar-refractivity contribution in [2.24, 2.45) is 0 Å². The highest BCUT2D eigenvalue weighted by Gasteiger charge is 2.23. The van der Waals surface area contributed by atoms with E-state index in [1.807, 2.05) is 0 Å². The van der Waals surface area contributed by atoms with E-state index in [1.54, 1.807) is 31.2 Å². The van der Waals surface area contributed by atoms with E-state index in [9.17, 15) is 14.9 Å². The van der Waals surface area contributed by atoms with E-state index in [-0.39, 0.29) is 11.3 Å². The monoisotopic (exact) mass is 346 g/mol. The molecule has 0 aromatic heterocycles. The van der Waals surface area contributed by atoms with E-state index in [0.29, 0.717) is 28.5 Å². The van der Waals surface area contributed by atoms with Crippen molar-refractivity contribution in [2.75, 3.05) is 26.6 Å². The summed E-state index contributed by atoms with van der Waals surface area (Å²) < 4.78 is 15.7. The van der Waals surface area contributed by atoms with Crippen LogP contribution in [0.15, 0.2) is 30.3 Å². The number of methoxy groups -OCH3 is 3. The normalized spacial score (nSPS) is 10.1. The number of carbonyl (C=O) groups is 1. The molecule has 0 aliphatic rings. The van der Waals surface area contributed by atoms with E-state index in [1.165, 1.54) is 27.4 Å². The molecule has 2 rings (SSSR count). The summed E-state index contributed by atoms with van der Waals surface area (Å²) in [6.07, 6.45) is 0. The van der Waals surface area contributed by atoms with Crippen LogP contribution in [0, 0.1) is 17.0 Å². The van der Waals surface area contributed by atoms with Crippen LogP contribution in [0.3, 0.4) is 0 Å². The number of nitrogens with one attached hydrogen (secondary N) is 1. The molecule has 0 fully saturated rings. The van der Waals surface area contributed by atoms with Crippen LogP contribution in [-0.2, 0) is 0 Å². The third kappa shape index (κ3) is 3.63. The molecule has 1 amide bonds. The number of hydrogen-bond donors (Lipinski definition) is 1. The van der Waals surface area contributed by atoms with E-state index in [4.69, 9.17) is 14.2 Å². The number of aryl methyl sites for hydroxylation is 1. The lowest BCUT2D eigenvalue weighted by molar-refractivity contribution is -0.385. The summed E-state index contributed by atoms with van der Waals surface area (Å²) in [6.45, 7) is 1.58. The zero-order valence-electron chi connectivity index (χ0n) is 14.3. The van der Waals surface area contributed by atoms with Gasteiger partial charge in [0.2, 0.25) is 5.75 Å². The second kappa shape index (κ2) is 7.52. The van der Waals surface area contributed by atoms with Gasteiger partial charge in [0.25, 0.3) is 11.6 Å². The maximum atomic E-state index is 12.5. The molecule has 0 saturated carbocycles. The minimum absolute atomic E-state index is 0.0289. The Hall–Kier alpha value is -3.29. The number of ether oxygens (including phenoxy) is 3. The van der Waals surface area contributed by atoms with Crippen LogP contribution in [0.5, 0.6) is 17.2 Å². The van der Waals surface area contributed by atoms with Gasteiger partial charge < -0.3 is 19.5 Å². The summed E-state index contributed by atoms with van der Waals surface area (Å²) in [5.41, 5.74) is 0.504. The second-order valence-electron chi connectivity index (χ2n) is 5.10. The van der Waals surface area contributed by atoms with Gasteiger partial charge in [0.1, 0.15) is 5.56 Å². The van der Waals surface area contributed by atoms with Crippen molar-refractivity contribution in [3.63, 3.8) is 0 Å². The lowest BCUT2D eigenvalue weighted by Crippen LogP contribution is -2.15. The fourth-order valence-corrected chi connectivity index (χ4v) is 2.44. The van der Waals surface area contributed by atoms with Crippen LogP contribution in [-0.4, -0.2) is 32.2 Å². The third-order valence-corrected chi connectivity index (χ3v) is 3.59. The molecule has 2 aromatic rings. The lowest BCUT2D eigenvalue weighted by Gasteiger charge is -2.14. The van der Waals surface area contributed by atoms with Gasteiger partial charge in [-0.3, -0.25) is 14.9 Å². The molecule has 0 saturated heterocycles. The SMILES string of the molecule is COc1cc(NC(=O)c2cccc(C)c2[N+](=O)[O-])cc(OC)c1OC. The Bertz CT molecular complexity index is 794. The van der Waals surface area contributed by atoms with Gasteiger partial charge in [-0.15, -0.1) is 0 Å². The molecule has 1 N–H and O–H groups in total. The Balaban J connectivity index is 2.42. The molecule has 25 heavy (non-hydrogen) atoms. The van der Waals surface area contributed by atoms with Crippen LogP contribution < -0.4 is 19.5 Å². The Morgan fingerprint density at radius 2 is 1.68 bits per heavy atom. The summed E-state index contributed by atoms with van der Waals surface area (Å²) in [5, 5.41) is 13.9. The highest BCUT2D eigenvalue weighted by atomic mass is 16.6. The predicted octanol–water partition coefficient (Wildman–Crippen LogP) is 3.18. The van der Waals surface area contributed by atoms with Gasteiger partial charge in [-0.25, -0.2) is 0 Å². The molecule has 0 bridgehead atoms. The van der Waals surface area contributed by atoms with Gasteiger partial charge in [-0.2, -0.15) is 0 Å². The van der Waals surface area contributed by atoms with E-state index in [2.05, 4.69) is 5.32 Å². The van der Waals surface area contributed by atoms with Crippen molar-refractivity contribution < 1.29 is 23.9 Å². The van der Waals surface area contributed by atoms with Crippen LogP contribution in [0.4, 0.5) is 11.4 Å². The number of hydrogen-bond acceptors (Lipinski definition) is 6. The number of nitro groups is 1. The number of para-hydroxylation sites is 1. The van der Waals surface area contributed by atoms with Crippen LogP contribution in [0.1, 0.15) is 15.9 Å². The van der Waals surface area contributed by atoms with Crippen LogP contribution in [0.2, 0.25) is 0 Å². The summed E-state index contributed by atoms with van der Waals surface area (Å²) in [4.78, 5) is 23.2. The predicted molar refractivity (Wildman–Crippen MR) is 91.9 cm³/mol. The fourth-order valence-electron chi connectivity index (χ4n) is 2.44. The van der Waals surface area contributed by atoms with E-state index < -0.39 is 10.8 Å². The molecule has 8 heteroatoms. The van der Waals surface area contributed by atoms with Gasteiger partial charge in [-0.05, 0) is 13.0 Å².